The number of hydrogen-bond donors (Lipinski definition) is 2. The van der Waals surface area contributed by atoms with Crippen molar-refractivity contribution in [1.29, 1.82) is 0 Å². The van der Waals surface area contributed by atoms with Crippen LogP contribution in [0.4, 0.5) is 4.39 Å². The summed E-state index contributed by atoms with van der Waals surface area (Å²) in [6.07, 6.45) is 8.93. The Morgan fingerprint density at radius 2 is 2.30 bits per heavy atom. The third-order valence-corrected chi connectivity index (χ3v) is 4.99. The van der Waals surface area contributed by atoms with Crippen molar-refractivity contribution in [3.63, 3.8) is 0 Å². The van der Waals surface area contributed by atoms with E-state index in [1.54, 1.807) is 29.4 Å². The second-order valence-corrected chi connectivity index (χ2v) is 6.81. The van der Waals surface area contributed by atoms with Crippen LogP contribution in [0.5, 0.6) is 0 Å². The molecule has 4 rings (SSSR count). The van der Waals surface area contributed by atoms with Gasteiger partial charge in [0, 0.05) is 18.9 Å². The number of halogens is 2. The summed E-state index contributed by atoms with van der Waals surface area (Å²) in [5.74, 6) is 0.475. The van der Waals surface area contributed by atoms with E-state index in [4.69, 9.17) is 4.74 Å². The van der Waals surface area contributed by atoms with E-state index >= 15 is 0 Å². The fourth-order valence-corrected chi connectivity index (χ4v) is 3.72. The first-order valence-corrected chi connectivity index (χ1v) is 9.20. The lowest BCUT2D eigenvalue weighted by Gasteiger charge is -2.22. The van der Waals surface area contributed by atoms with Crippen LogP contribution in [0, 0.1) is 5.82 Å². The van der Waals surface area contributed by atoms with Crippen molar-refractivity contribution in [3.05, 3.63) is 48.3 Å². The number of guanidine groups is 1. The molecule has 3 heterocycles. The summed E-state index contributed by atoms with van der Waals surface area (Å²) in [5, 5.41) is 6.74. The van der Waals surface area contributed by atoms with Crippen molar-refractivity contribution in [2.24, 2.45) is 4.99 Å². The minimum atomic E-state index is -0.282. The Hall–Kier alpha value is -1.68. The van der Waals surface area contributed by atoms with Gasteiger partial charge in [0.1, 0.15) is 5.82 Å². The molecule has 0 saturated carbocycles. The molecule has 0 spiro atoms. The molecule has 0 aliphatic carbocycles. The van der Waals surface area contributed by atoms with Gasteiger partial charge in [0.15, 0.2) is 5.96 Å². The Morgan fingerprint density at radius 1 is 1.41 bits per heavy atom. The molecule has 1 aromatic heterocycles. The minimum absolute atomic E-state index is 0. The molecule has 2 N–H and O–H groups in total. The Labute approximate surface area is 175 Å². The fraction of sp³-hybridized carbons (Fsp3) is 0.474. The van der Waals surface area contributed by atoms with E-state index in [2.05, 4.69) is 20.6 Å². The highest BCUT2D eigenvalue weighted by atomic mass is 127. The average molecular weight is 485 g/mol. The quantitative estimate of drug-likeness (QED) is 0.389. The zero-order valence-corrected chi connectivity index (χ0v) is 17.6. The first-order chi connectivity index (χ1) is 12.7. The van der Waals surface area contributed by atoms with Gasteiger partial charge in [-0.3, -0.25) is 0 Å². The predicted octanol–water partition coefficient (Wildman–Crippen LogP) is 3.00. The van der Waals surface area contributed by atoms with Gasteiger partial charge < -0.3 is 19.9 Å². The maximum absolute atomic E-state index is 14.4. The van der Waals surface area contributed by atoms with Gasteiger partial charge in [0.25, 0.3) is 0 Å². The van der Waals surface area contributed by atoms with Crippen molar-refractivity contribution in [3.8, 4) is 5.69 Å². The molecule has 146 valence electrons. The lowest BCUT2D eigenvalue weighted by molar-refractivity contribution is 0.0992. The largest absolute Gasteiger partial charge is 0.373 e. The fourth-order valence-electron chi connectivity index (χ4n) is 3.72. The number of fused-ring (bicyclic) bond motifs is 2. The van der Waals surface area contributed by atoms with Crippen LogP contribution < -0.4 is 10.6 Å². The van der Waals surface area contributed by atoms with E-state index in [9.17, 15) is 4.39 Å². The number of hydrogen-bond acceptors (Lipinski definition) is 3. The maximum atomic E-state index is 14.4. The third-order valence-electron chi connectivity index (χ3n) is 4.99. The average Bonchev–Trinajstić information content (AvgIpc) is 3.38. The van der Waals surface area contributed by atoms with Crippen LogP contribution in [0.15, 0.2) is 41.9 Å². The number of aliphatic imine (C=N–C) groups is 1. The maximum Gasteiger partial charge on any atom is 0.191 e. The topological polar surface area (TPSA) is 63.5 Å². The molecule has 2 aliphatic rings. The summed E-state index contributed by atoms with van der Waals surface area (Å²) in [6.45, 7) is 3.23. The summed E-state index contributed by atoms with van der Waals surface area (Å²) >= 11 is 0. The highest BCUT2D eigenvalue weighted by Crippen LogP contribution is 2.34. The zero-order valence-electron chi connectivity index (χ0n) is 15.3. The number of rotatable bonds is 5. The van der Waals surface area contributed by atoms with E-state index in [0.717, 1.165) is 30.9 Å². The van der Waals surface area contributed by atoms with Gasteiger partial charge in [-0.25, -0.2) is 14.4 Å². The molecule has 6 nitrogen and oxygen atoms in total. The normalized spacial score (nSPS) is 23.9. The Bertz CT molecular complexity index is 782. The minimum Gasteiger partial charge on any atom is -0.373 e. The van der Waals surface area contributed by atoms with Crippen molar-refractivity contribution in [1.82, 2.24) is 20.2 Å². The van der Waals surface area contributed by atoms with Crippen LogP contribution in [0.3, 0.4) is 0 Å². The van der Waals surface area contributed by atoms with Gasteiger partial charge in [0.2, 0.25) is 0 Å². The monoisotopic (exact) mass is 485 g/mol. The van der Waals surface area contributed by atoms with E-state index in [1.165, 1.54) is 12.5 Å². The Kier molecular flexibility index (Phi) is 6.69. The molecule has 2 aliphatic heterocycles. The molecule has 0 amide bonds. The third kappa shape index (κ3) is 4.60. The van der Waals surface area contributed by atoms with E-state index < -0.39 is 0 Å². The highest BCUT2D eigenvalue weighted by molar-refractivity contribution is 14.0. The van der Waals surface area contributed by atoms with Gasteiger partial charge in [0.05, 0.1) is 36.8 Å². The van der Waals surface area contributed by atoms with Crippen LogP contribution in [0.1, 0.15) is 31.7 Å². The number of ether oxygens (including phenoxy) is 1. The first kappa shape index (κ1) is 20.1. The molecule has 3 unspecified atom stereocenters. The Morgan fingerprint density at radius 3 is 2.93 bits per heavy atom. The van der Waals surface area contributed by atoms with Crippen molar-refractivity contribution in [2.75, 3.05) is 6.54 Å². The first-order valence-electron chi connectivity index (χ1n) is 9.20. The van der Waals surface area contributed by atoms with Gasteiger partial charge in [-0.1, -0.05) is 6.07 Å². The summed E-state index contributed by atoms with van der Waals surface area (Å²) in [6, 6.07) is 5.49. The number of imidazole rings is 1. The number of nitrogens with zero attached hydrogens (tertiary/aromatic N) is 3. The van der Waals surface area contributed by atoms with Crippen LogP contribution in [-0.2, 0) is 11.3 Å². The summed E-state index contributed by atoms with van der Waals surface area (Å²) in [5.41, 5.74) is 1.31. The van der Waals surface area contributed by atoms with E-state index in [-0.39, 0.29) is 35.9 Å². The molecule has 8 heteroatoms. The predicted molar refractivity (Wildman–Crippen MR) is 113 cm³/mol. The molecular weight excluding hydrogens is 460 g/mol. The van der Waals surface area contributed by atoms with E-state index in [1.807, 2.05) is 13.0 Å². The van der Waals surface area contributed by atoms with Crippen molar-refractivity contribution >= 4 is 29.9 Å². The molecule has 2 aromatic rings. The van der Waals surface area contributed by atoms with Gasteiger partial charge in [-0.2, -0.15) is 0 Å². The summed E-state index contributed by atoms with van der Waals surface area (Å²) < 4.78 is 21.9. The van der Waals surface area contributed by atoms with Crippen molar-refractivity contribution < 1.29 is 9.13 Å². The molecule has 3 atom stereocenters. The highest BCUT2D eigenvalue weighted by Gasteiger charge is 2.41. The molecule has 2 fully saturated rings. The number of aromatic nitrogens is 2. The van der Waals surface area contributed by atoms with Crippen molar-refractivity contribution in [2.45, 2.75) is 51.0 Å². The van der Waals surface area contributed by atoms with Gasteiger partial charge in [-0.05, 0) is 43.9 Å². The summed E-state index contributed by atoms with van der Waals surface area (Å²) in [4.78, 5) is 8.57. The molecule has 2 saturated heterocycles. The molecule has 27 heavy (non-hydrogen) atoms. The molecular formula is C19H25FIN5O. The smallest absolute Gasteiger partial charge is 0.191 e. The standard InChI is InChI=1S/C19H24FN5O.HI/c1-2-22-19(24-16-10-14-4-6-18(16)26-14)23-11-13-3-5-17(15(20)9-13)25-8-7-21-12-25;/h3,5,7-9,12,14,16,18H,2,4,6,10-11H2,1H3,(H2,22,23,24);1H. The summed E-state index contributed by atoms with van der Waals surface area (Å²) in [7, 11) is 0. The molecule has 2 bridgehead atoms. The second-order valence-electron chi connectivity index (χ2n) is 6.81. The van der Waals surface area contributed by atoms with Crippen LogP contribution in [0.2, 0.25) is 0 Å². The number of nitrogens with one attached hydrogen (secondary N) is 2. The van der Waals surface area contributed by atoms with Gasteiger partial charge >= 0.3 is 0 Å². The van der Waals surface area contributed by atoms with Gasteiger partial charge in [-0.15, -0.1) is 24.0 Å². The number of benzene rings is 1. The second kappa shape index (κ2) is 9.01. The lowest BCUT2D eigenvalue weighted by atomic mass is 9.96. The molecule has 0 radical (unpaired) electrons. The van der Waals surface area contributed by atoms with E-state index in [0.29, 0.717) is 24.4 Å². The Balaban J connectivity index is 0.00000210. The van der Waals surface area contributed by atoms with Crippen LogP contribution in [0.25, 0.3) is 5.69 Å². The molecule has 1 aromatic carbocycles. The van der Waals surface area contributed by atoms with Crippen LogP contribution in [-0.4, -0.2) is 40.3 Å². The lowest BCUT2D eigenvalue weighted by Crippen LogP contribution is -2.47. The SMILES string of the molecule is CCNC(=NCc1ccc(-n2ccnc2)c(F)c1)NC1CC2CCC1O2.I. The zero-order chi connectivity index (χ0) is 17.9. The van der Waals surface area contributed by atoms with Crippen LogP contribution >= 0.6 is 24.0 Å².